The van der Waals surface area contributed by atoms with E-state index in [1.807, 2.05) is 36.4 Å². The molecule has 1 atom stereocenters. The minimum absolute atomic E-state index is 0. The van der Waals surface area contributed by atoms with Crippen molar-refractivity contribution >= 4 is 59.1 Å². The fourth-order valence-electron chi connectivity index (χ4n) is 3.63. The highest BCUT2D eigenvalue weighted by Crippen LogP contribution is 2.37. The summed E-state index contributed by atoms with van der Waals surface area (Å²) in [6, 6.07) is 19.9. The van der Waals surface area contributed by atoms with Crippen molar-refractivity contribution in [2.45, 2.75) is 6.04 Å². The molecule has 3 aromatic carbocycles. The van der Waals surface area contributed by atoms with E-state index in [0.29, 0.717) is 22.2 Å². The van der Waals surface area contributed by atoms with Gasteiger partial charge >= 0.3 is 0 Å². The molecule has 0 saturated carbocycles. The lowest BCUT2D eigenvalue weighted by molar-refractivity contribution is 0.102. The number of carbonyl (C=O) groups excluding carboxylic acids is 1. The summed E-state index contributed by atoms with van der Waals surface area (Å²) in [6.45, 7) is 0. The van der Waals surface area contributed by atoms with E-state index in [1.165, 1.54) is 10.7 Å². The molecule has 2 N–H and O–H groups in total. The van der Waals surface area contributed by atoms with Crippen LogP contribution in [-0.4, -0.2) is 20.7 Å². The quantitative estimate of drug-likeness (QED) is 0.327. The van der Waals surface area contributed by atoms with Gasteiger partial charge in [0.15, 0.2) is 0 Å². The van der Waals surface area contributed by atoms with Crippen molar-refractivity contribution in [1.29, 1.82) is 0 Å². The van der Waals surface area contributed by atoms with Crippen molar-refractivity contribution in [1.82, 2.24) is 14.8 Å². The van der Waals surface area contributed by atoms with Gasteiger partial charge in [-0.05, 0) is 42.0 Å². The second-order valence-corrected chi connectivity index (χ2v) is 8.16. The van der Waals surface area contributed by atoms with Gasteiger partial charge in [-0.1, -0.05) is 65.7 Å². The van der Waals surface area contributed by atoms with Crippen LogP contribution < -0.4 is 10.6 Å². The van der Waals surface area contributed by atoms with E-state index in [2.05, 4.69) is 20.7 Å². The lowest BCUT2D eigenvalue weighted by Crippen LogP contribution is -2.21. The monoisotopic (exact) mass is 515 g/mol. The van der Waals surface area contributed by atoms with Gasteiger partial charge in [0.1, 0.15) is 11.9 Å². The Morgan fingerprint density at radius 1 is 1.03 bits per heavy atom. The molecule has 4 aromatic rings. The van der Waals surface area contributed by atoms with Crippen LogP contribution in [0.3, 0.4) is 0 Å². The number of anilines is 2. The number of benzene rings is 3. The summed E-state index contributed by atoms with van der Waals surface area (Å²) in [6.07, 6.45) is 1.82. The molecular formula is C24H17Cl3FN5O. The molecule has 0 fully saturated rings. The molecule has 0 spiro atoms. The van der Waals surface area contributed by atoms with Gasteiger partial charge in [0.2, 0.25) is 5.95 Å². The highest BCUT2D eigenvalue weighted by atomic mass is 35.5. The molecule has 0 saturated heterocycles. The van der Waals surface area contributed by atoms with Crippen LogP contribution in [-0.2, 0) is 0 Å². The van der Waals surface area contributed by atoms with E-state index in [4.69, 9.17) is 23.2 Å². The van der Waals surface area contributed by atoms with Gasteiger partial charge in [-0.25, -0.2) is 9.07 Å². The summed E-state index contributed by atoms with van der Waals surface area (Å²) in [4.78, 5) is 17.1. The van der Waals surface area contributed by atoms with Crippen molar-refractivity contribution in [2.75, 3.05) is 10.6 Å². The van der Waals surface area contributed by atoms with Crippen LogP contribution in [0, 0.1) is 5.82 Å². The van der Waals surface area contributed by atoms with Crippen molar-refractivity contribution in [3.05, 3.63) is 111 Å². The van der Waals surface area contributed by atoms with E-state index < -0.39 is 17.8 Å². The Hall–Kier alpha value is -3.39. The Morgan fingerprint density at radius 3 is 2.53 bits per heavy atom. The summed E-state index contributed by atoms with van der Waals surface area (Å²) in [5.41, 5.74) is 2.22. The minimum Gasteiger partial charge on any atom is -0.324 e. The van der Waals surface area contributed by atoms with Crippen molar-refractivity contribution in [2.24, 2.45) is 0 Å². The van der Waals surface area contributed by atoms with Gasteiger partial charge in [0.25, 0.3) is 11.9 Å². The molecule has 0 radical (unpaired) electrons. The maximum Gasteiger partial charge on any atom is 0.258 e. The summed E-state index contributed by atoms with van der Waals surface area (Å²) in [5, 5.41) is 11.0. The molecule has 2 heterocycles. The number of rotatable bonds is 4. The molecule has 0 aliphatic carbocycles. The Bertz CT molecular complexity index is 1370. The molecule has 1 aliphatic rings. The Morgan fingerprint density at radius 2 is 1.79 bits per heavy atom. The molecule has 1 aliphatic heterocycles. The highest BCUT2D eigenvalue weighted by molar-refractivity contribution is 6.31. The van der Waals surface area contributed by atoms with Crippen molar-refractivity contribution in [3.8, 4) is 0 Å². The molecule has 34 heavy (non-hydrogen) atoms. The fourth-order valence-corrected chi connectivity index (χ4v) is 4.10. The molecule has 1 amide bonds. The zero-order chi connectivity index (χ0) is 22.9. The number of nitrogens with zero attached hydrogens (tertiary/aromatic N) is 3. The number of halogens is 4. The molecule has 1 unspecified atom stereocenters. The third-order valence-electron chi connectivity index (χ3n) is 5.16. The number of fused-ring (bicyclic) bond motifs is 1. The average Bonchev–Trinajstić information content (AvgIpc) is 3.22. The number of carbonyl (C=O) groups is 1. The van der Waals surface area contributed by atoms with E-state index in [0.717, 1.165) is 5.56 Å². The summed E-state index contributed by atoms with van der Waals surface area (Å²) in [5.74, 6) is -0.495. The van der Waals surface area contributed by atoms with Gasteiger partial charge in [-0.15, -0.1) is 17.5 Å². The van der Waals surface area contributed by atoms with Gasteiger partial charge in [-0.2, -0.15) is 4.98 Å². The summed E-state index contributed by atoms with van der Waals surface area (Å²) in [7, 11) is 0. The number of hydrogen-bond acceptors (Lipinski definition) is 4. The lowest BCUT2D eigenvalue weighted by atomic mass is 10.0. The van der Waals surface area contributed by atoms with E-state index in [-0.39, 0.29) is 28.9 Å². The van der Waals surface area contributed by atoms with Gasteiger partial charge < -0.3 is 5.32 Å². The van der Waals surface area contributed by atoms with Crippen LogP contribution >= 0.6 is 35.6 Å². The Kier molecular flexibility index (Phi) is 6.88. The smallest absolute Gasteiger partial charge is 0.258 e. The standard InChI is InChI=1S/C24H16Cl2FN5O.ClH/c25-16-9-4-8-15(12-16)22(33)29-23-30-24-28-19(14-6-2-1-3-7-14)13-20(32(24)31-23)21-17(26)10-5-11-18(21)27;/h1-13,20H,(H2,28,29,30,31,33);1H. The molecule has 5 rings (SSSR count). The molecule has 172 valence electrons. The summed E-state index contributed by atoms with van der Waals surface area (Å²) < 4.78 is 16.3. The largest absolute Gasteiger partial charge is 0.324 e. The third-order valence-corrected chi connectivity index (χ3v) is 5.72. The maximum absolute atomic E-state index is 14.9. The van der Waals surface area contributed by atoms with Gasteiger partial charge in [0, 0.05) is 26.9 Å². The predicted molar refractivity (Wildman–Crippen MR) is 134 cm³/mol. The molecule has 6 nitrogen and oxygen atoms in total. The van der Waals surface area contributed by atoms with Gasteiger partial charge in [-0.3, -0.25) is 10.1 Å². The van der Waals surface area contributed by atoms with Crippen LogP contribution in [0.15, 0.2) is 78.9 Å². The zero-order valence-corrected chi connectivity index (χ0v) is 19.7. The summed E-state index contributed by atoms with van der Waals surface area (Å²) >= 11 is 12.4. The molecule has 10 heteroatoms. The maximum atomic E-state index is 14.9. The van der Waals surface area contributed by atoms with Crippen LogP contribution in [0.5, 0.6) is 0 Å². The highest BCUT2D eigenvalue weighted by Gasteiger charge is 2.29. The first-order chi connectivity index (χ1) is 16.0. The molecule has 1 aromatic heterocycles. The first-order valence-corrected chi connectivity index (χ1v) is 10.8. The van der Waals surface area contributed by atoms with Crippen molar-refractivity contribution < 1.29 is 9.18 Å². The second-order valence-electron chi connectivity index (χ2n) is 7.32. The third kappa shape index (κ3) is 4.63. The average molecular weight is 517 g/mol. The lowest BCUT2D eigenvalue weighted by Gasteiger charge is -2.25. The van der Waals surface area contributed by atoms with Crippen LogP contribution in [0.1, 0.15) is 27.5 Å². The Balaban J connectivity index is 0.00000274. The van der Waals surface area contributed by atoms with E-state index >= 15 is 0 Å². The minimum atomic E-state index is -0.686. The number of aromatic nitrogens is 3. The fraction of sp³-hybridized carbons (Fsp3) is 0.0417. The first-order valence-electron chi connectivity index (χ1n) is 10.0. The normalized spacial score (nSPS) is 14.3. The van der Waals surface area contributed by atoms with Crippen molar-refractivity contribution in [3.63, 3.8) is 0 Å². The number of hydrogen-bond donors (Lipinski definition) is 2. The first kappa shape index (κ1) is 23.8. The predicted octanol–water partition coefficient (Wildman–Crippen LogP) is 6.45. The SMILES string of the molecule is Cl.O=C(Nc1nc2n(n1)C(c1c(F)cccc1Cl)C=C(c1ccccc1)N2)c1cccc(Cl)c1. The number of amides is 1. The molecule has 0 bridgehead atoms. The van der Waals surface area contributed by atoms with E-state index in [9.17, 15) is 9.18 Å². The zero-order valence-electron chi connectivity index (χ0n) is 17.4. The van der Waals surface area contributed by atoms with Crippen LogP contribution in [0.4, 0.5) is 16.3 Å². The topological polar surface area (TPSA) is 71.8 Å². The second kappa shape index (κ2) is 9.85. The van der Waals surface area contributed by atoms with Crippen LogP contribution in [0.25, 0.3) is 5.70 Å². The van der Waals surface area contributed by atoms with Gasteiger partial charge in [0.05, 0.1) is 0 Å². The van der Waals surface area contributed by atoms with E-state index in [1.54, 1.807) is 36.4 Å². The number of nitrogens with one attached hydrogen (secondary N) is 2. The van der Waals surface area contributed by atoms with Crippen LogP contribution in [0.2, 0.25) is 10.0 Å². The molecular weight excluding hydrogens is 500 g/mol. The number of allylic oxidation sites excluding steroid dienone is 1. The Labute approximate surface area is 210 Å².